The maximum absolute atomic E-state index is 12.7. The van der Waals surface area contributed by atoms with Crippen molar-refractivity contribution in [3.05, 3.63) is 71.9 Å². The molecule has 1 heterocycles. The predicted molar refractivity (Wildman–Crippen MR) is 110 cm³/mol. The zero-order chi connectivity index (χ0) is 20.1. The molecule has 0 bridgehead atoms. The minimum Gasteiger partial charge on any atom is -0.449 e. The van der Waals surface area contributed by atoms with E-state index in [0.29, 0.717) is 5.56 Å². The van der Waals surface area contributed by atoms with E-state index in [0.717, 1.165) is 29.3 Å². The summed E-state index contributed by atoms with van der Waals surface area (Å²) in [6.07, 6.45) is 2.61. The molecule has 5 heteroatoms. The number of nitrogens with zero attached hydrogens (tertiary/aromatic N) is 1. The number of ether oxygens (including phenoxy) is 1. The van der Waals surface area contributed by atoms with Crippen molar-refractivity contribution in [1.29, 1.82) is 0 Å². The van der Waals surface area contributed by atoms with E-state index in [9.17, 15) is 9.59 Å². The number of amides is 1. The Morgan fingerprint density at radius 2 is 1.75 bits per heavy atom. The van der Waals surface area contributed by atoms with Gasteiger partial charge in [-0.1, -0.05) is 61.9 Å². The third kappa shape index (κ3) is 4.25. The average molecular weight is 378 g/mol. The Balaban J connectivity index is 1.70. The molecule has 3 rings (SSSR count). The topological polar surface area (TPSA) is 60.3 Å². The van der Waals surface area contributed by atoms with Gasteiger partial charge in [0.2, 0.25) is 0 Å². The summed E-state index contributed by atoms with van der Waals surface area (Å²) in [6, 6.07) is 17.4. The van der Waals surface area contributed by atoms with Crippen LogP contribution >= 0.6 is 0 Å². The highest BCUT2D eigenvalue weighted by molar-refractivity contribution is 6.05. The summed E-state index contributed by atoms with van der Waals surface area (Å²) in [5.41, 5.74) is 2.45. The molecule has 0 radical (unpaired) electrons. The molecule has 0 fully saturated rings. The van der Waals surface area contributed by atoms with Crippen molar-refractivity contribution in [3.8, 4) is 0 Å². The van der Waals surface area contributed by atoms with E-state index in [1.807, 2.05) is 66.2 Å². The largest absolute Gasteiger partial charge is 0.449 e. The van der Waals surface area contributed by atoms with Gasteiger partial charge in [-0.3, -0.25) is 4.79 Å². The van der Waals surface area contributed by atoms with E-state index in [1.54, 1.807) is 13.1 Å². The van der Waals surface area contributed by atoms with Crippen LogP contribution in [0.2, 0.25) is 0 Å². The number of para-hydroxylation sites is 1. The summed E-state index contributed by atoms with van der Waals surface area (Å²) in [6.45, 7) is 3.68. The van der Waals surface area contributed by atoms with Crippen LogP contribution in [0.3, 0.4) is 0 Å². The van der Waals surface area contributed by atoms with Crippen LogP contribution in [-0.4, -0.2) is 22.5 Å². The molecular formula is C23H26N2O3. The predicted octanol–water partition coefficient (Wildman–Crippen LogP) is 4.38. The molecule has 146 valence electrons. The molecule has 0 aliphatic rings. The van der Waals surface area contributed by atoms with Crippen molar-refractivity contribution in [1.82, 2.24) is 9.88 Å². The van der Waals surface area contributed by atoms with Crippen LogP contribution in [-0.2, 0) is 16.6 Å². The summed E-state index contributed by atoms with van der Waals surface area (Å²) >= 11 is 0. The monoisotopic (exact) mass is 378 g/mol. The Hall–Kier alpha value is -3.08. The van der Waals surface area contributed by atoms with Crippen molar-refractivity contribution in [2.75, 3.05) is 0 Å². The number of fused-ring (bicyclic) bond motifs is 1. The number of rotatable bonds is 7. The maximum Gasteiger partial charge on any atom is 0.341 e. The lowest BCUT2D eigenvalue weighted by atomic mass is 10.0. The van der Waals surface area contributed by atoms with Crippen molar-refractivity contribution < 1.29 is 14.3 Å². The van der Waals surface area contributed by atoms with Crippen LogP contribution in [0, 0.1) is 0 Å². The second kappa shape index (κ2) is 8.74. The maximum atomic E-state index is 12.7. The molecule has 0 aliphatic heterocycles. The Morgan fingerprint density at radius 1 is 1.07 bits per heavy atom. The first-order chi connectivity index (χ1) is 13.5. The lowest BCUT2D eigenvalue weighted by molar-refractivity contribution is -0.129. The van der Waals surface area contributed by atoms with Crippen LogP contribution < -0.4 is 5.32 Å². The van der Waals surface area contributed by atoms with Gasteiger partial charge in [0, 0.05) is 24.1 Å². The molecule has 0 aliphatic carbocycles. The smallest absolute Gasteiger partial charge is 0.341 e. The normalized spacial score (nSPS) is 13.1. The van der Waals surface area contributed by atoms with E-state index < -0.39 is 12.1 Å². The summed E-state index contributed by atoms with van der Waals surface area (Å²) in [5.74, 6) is -0.790. The molecule has 2 unspecified atom stereocenters. The molecule has 3 aromatic rings. The molecule has 1 N–H and O–H groups in total. The Kier molecular flexibility index (Phi) is 6.14. The molecule has 2 atom stereocenters. The number of aryl methyl sites for hydroxylation is 1. The van der Waals surface area contributed by atoms with Gasteiger partial charge in [-0.05, 0) is 25.0 Å². The third-order valence-corrected chi connectivity index (χ3v) is 4.87. The quantitative estimate of drug-likeness (QED) is 0.621. The fourth-order valence-corrected chi connectivity index (χ4v) is 3.37. The van der Waals surface area contributed by atoms with E-state index in [4.69, 9.17) is 4.74 Å². The van der Waals surface area contributed by atoms with Gasteiger partial charge in [0.1, 0.15) is 0 Å². The first kappa shape index (κ1) is 19.7. The number of aromatic nitrogens is 1. The Bertz CT molecular complexity index is 962. The number of carbonyl (C=O) groups excluding carboxylic acids is 2. The highest BCUT2D eigenvalue weighted by Crippen LogP contribution is 2.22. The van der Waals surface area contributed by atoms with Crippen molar-refractivity contribution in [3.63, 3.8) is 0 Å². The van der Waals surface area contributed by atoms with Gasteiger partial charge in [-0.25, -0.2) is 4.79 Å². The van der Waals surface area contributed by atoms with Crippen LogP contribution in [0.4, 0.5) is 0 Å². The second-order valence-corrected chi connectivity index (χ2v) is 6.98. The van der Waals surface area contributed by atoms with Crippen molar-refractivity contribution in [2.45, 2.75) is 38.8 Å². The van der Waals surface area contributed by atoms with Gasteiger partial charge >= 0.3 is 5.97 Å². The van der Waals surface area contributed by atoms with Crippen LogP contribution in [0.5, 0.6) is 0 Å². The molecular weight excluding hydrogens is 352 g/mol. The Morgan fingerprint density at radius 3 is 2.46 bits per heavy atom. The molecule has 1 aromatic heterocycles. The summed E-state index contributed by atoms with van der Waals surface area (Å²) in [5, 5.41) is 3.83. The number of nitrogens with one attached hydrogen (secondary N) is 1. The van der Waals surface area contributed by atoms with Gasteiger partial charge in [0.25, 0.3) is 5.91 Å². The minimum absolute atomic E-state index is 0.0996. The average Bonchev–Trinajstić information content (AvgIpc) is 3.05. The molecule has 2 aromatic carbocycles. The zero-order valence-corrected chi connectivity index (χ0v) is 16.5. The van der Waals surface area contributed by atoms with Gasteiger partial charge in [-0.2, -0.15) is 0 Å². The lowest BCUT2D eigenvalue weighted by Gasteiger charge is -2.21. The van der Waals surface area contributed by atoms with E-state index >= 15 is 0 Å². The SMILES string of the molecule is CCCC(NC(=O)C(C)OC(=O)c1cn(C)c2ccccc12)c1ccccc1. The molecule has 28 heavy (non-hydrogen) atoms. The zero-order valence-electron chi connectivity index (χ0n) is 16.5. The van der Waals surface area contributed by atoms with Crippen molar-refractivity contribution >= 4 is 22.8 Å². The molecule has 0 saturated carbocycles. The number of carbonyl (C=O) groups is 2. The summed E-state index contributed by atoms with van der Waals surface area (Å²) in [4.78, 5) is 25.3. The highest BCUT2D eigenvalue weighted by atomic mass is 16.5. The molecule has 1 amide bonds. The number of hydrogen-bond acceptors (Lipinski definition) is 3. The summed E-state index contributed by atoms with van der Waals surface area (Å²) in [7, 11) is 1.88. The van der Waals surface area contributed by atoms with Gasteiger partial charge < -0.3 is 14.6 Å². The van der Waals surface area contributed by atoms with Gasteiger partial charge in [0.15, 0.2) is 6.10 Å². The first-order valence-electron chi connectivity index (χ1n) is 9.61. The standard InChI is InChI=1S/C23H26N2O3/c1-4-10-20(17-11-6-5-7-12-17)24-22(26)16(2)28-23(27)19-15-25(3)21-14-9-8-13-18(19)21/h5-9,11-16,20H,4,10H2,1-3H3,(H,24,26). The Labute approximate surface area is 165 Å². The van der Waals surface area contributed by atoms with Crippen LogP contribution in [0.1, 0.15) is 48.7 Å². The van der Waals surface area contributed by atoms with E-state index in [1.165, 1.54) is 0 Å². The number of hydrogen-bond donors (Lipinski definition) is 1. The second-order valence-electron chi connectivity index (χ2n) is 6.98. The minimum atomic E-state index is -0.880. The third-order valence-electron chi connectivity index (χ3n) is 4.87. The van der Waals surface area contributed by atoms with Gasteiger partial charge in [0.05, 0.1) is 11.6 Å². The van der Waals surface area contributed by atoms with Crippen molar-refractivity contribution in [2.24, 2.45) is 7.05 Å². The van der Waals surface area contributed by atoms with Crippen LogP contribution in [0.15, 0.2) is 60.8 Å². The fourth-order valence-electron chi connectivity index (χ4n) is 3.37. The van der Waals surface area contributed by atoms with E-state index in [-0.39, 0.29) is 11.9 Å². The highest BCUT2D eigenvalue weighted by Gasteiger charge is 2.24. The molecule has 0 saturated heterocycles. The van der Waals surface area contributed by atoms with Gasteiger partial charge in [-0.15, -0.1) is 0 Å². The number of benzene rings is 2. The fraction of sp³-hybridized carbons (Fsp3) is 0.304. The molecule has 0 spiro atoms. The van der Waals surface area contributed by atoms with E-state index in [2.05, 4.69) is 12.2 Å². The summed E-state index contributed by atoms with van der Waals surface area (Å²) < 4.78 is 7.35. The number of esters is 1. The lowest BCUT2D eigenvalue weighted by Crippen LogP contribution is -2.38. The molecule has 5 nitrogen and oxygen atoms in total. The van der Waals surface area contributed by atoms with Crippen LogP contribution in [0.25, 0.3) is 10.9 Å². The first-order valence-corrected chi connectivity index (χ1v) is 9.61.